The van der Waals surface area contributed by atoms with E-state index >= 15 is 0 Å². The SMILES string of the molecule is CCCCCCCCN(C(=O)C(CS)NC(=O)OC(C)(C)C)C(C(=O)Nc1ccccc1C)c1ccc(C)cc1. The molecule has 220 valence electrons. The summed E-state index contributed by atoms with van der Waals surface area (Å²) in [6.45, 7) is 11.7. The standard InChI is InChI=1S/C32H47N3O4S/c1-7-8-9-10-11-14-21-35(30(37)27(22-40)34-31(38)39-32(4,5)6)28(25-19-17-23(2)18-20-25)29(36)33-26-16-13-12-15-24(26)3/h12-13,15-20,27-28,40H,7-11,14,21-22H2,1-6H3,(H,33,36)(H,34,38). The molecule has 2 aromatic rings. The summed E-state index contributed by atoms with van der Waals surface area (Å²) in [5, 5.41) is 5.72. The first-order valence-corrected chi connectivity index (χ1v) is 14.9. The molecule has 2 aromatic carbocycles. The highest BCUT2D eigenvalue weighted by atomic mass is 32.1. The molecule has 0 saturated carbocycles. The third-order valence-electron chi connectivity index (χ3n) is 6.56. The second kappa shape index (κ2) is 16.3. The van der Waals surface area contributed by atoms with Crippen molar-refractivity contribution >= 4 is 36.2 Å². The van der Waals surface area contributed by atoms with Crippen LogP contribution in [0.5, 0.6) is 0 Å². The Kier molecular flexibility index (Phi) is 13.5. The maximum absolute atomic E-state index is 14.1. The zero-order valence-electron chi connectivity index (χ0n) is 25.0. The van der Waals surface area contributed by atoms with Gasteiger partial charge in [0.1, 0.15) is 17.7 Å². The molecule has 2 rings (SSSR count). The molecule has 0 radical (unpaired) electrons. The van der Waals surface area contributed by atoms with Gasteiger partial charge in [-0.25, -0.2) is 4.79 Å². The van der Waals surface area contributed by atoms with Gasteiger partial charge >= 0.3 is 6.09 Å². The van der Waals surface area contributed by atoms with Gasteiger partial charge in [-0.15, -0.1) is 0 Å². The minimum absolute atomic E-state index is 0.0606. The van der Waals surface area contributed by atoms with Gasteiger partial charge in [0.05, 0.1) is 0 Å². The molecular formula is C32H47N3O4S. The van der Waals surface area contributed by atoms with Crippen LogP contribution in [0, 0.1) is 13.8 Å². The number of hydrogen-bond acceptors (Lipinski definition) is 5. The second-order valence-electron chi connectivity index (χ2n) is 11.3. The number of unbranched alkanes of at least 4 members (excludes halogenated alkanes) is 5. The van der Waals surface area contributed by atoms with E-state index < -0.39 is 23.8 Å². The van der Waals surface area contributed by atoms with Gasteiger partial charge in [-0.05, 0) is 58.2 Å². The molecule has 8 heteroatoms. The van der Waals surface area contributed by atoms with Crippen LogP contribution in [-0.2, 0) is 14.3 Å². The number of amides is 3. The molecule has 0 bridgehead atoms. The number of nitrogens with zero attached hydrogens (tertiary/aromatic N) is 1. The number of ether oxygens (including phenoxy) is 1. The average molecular weight is 570 g/mol. The van der Waals surface area contributed by atoms with Gasteiger partial charge in [-0.3, -0.25) is 9.59 Å². The van der Waals surface area contributed by atoms with Gasteiger partial charge in [0, 0.05) is 18.0 Å². The van der Waals surface area contributed by atoms with Crippen molar-refractivity contribution in [3.8, 4) is 0 Å². The summed E-state index contributed by atoms with van der Waals surface area (Å²) in [7, 11) is 0. The van der Waals surface area contributed by atoms with Gasteiger partial charge in [0.25, 0.3) is 5.91 Å². The fourth-order valence-corrected chi connectivity index (χ4v) is 4.65. The Bertz CT molecular complexity index is 1100. The second-order valence-corrected chi connectivity index (χ2v) is 11.7. The molecule has 0 aliphatic heterocycles. The molecule has 0 spiro atoms. The highest BCUT2D eigenvalue weighted by molar-refractivity contribution is 7.80. The Labute approximate surface area is 245 Å². The lowest BCUT2D eigenvalue weighted by atomic mass is 10.0. The van der Waals surface area contributed by atoms with E-state index in [0.29, 0.717) is 17.8 Å². The number of carbonyl (C=O) groups excluding carboxylic acids is 3. The summed E-state index contributed by atoms with van der Waals surface area (Å²) in [5.41, 5.74) is 2.65. The third-order valence-corrected chi connectivity index (χ3v) is 6.93. The zero-order chi connectivity index (χ0) is 29.7. The van der Waals surface area contributed by atoms with Crippen LogP contribution in [0.2, 0.25) is 0 Å². The lowest BCUT2D eigenvalue weighted by Gasteiger charge is -2.34. The summed E-state index contributed by atoms with van der Waals surface area (Å²) in [5.74, 6) is -0.627. The monoisotopic (exact) mass is 569 g/mol. The number of para-hydroxylation sites is 1. The van der Waals surface area contributed by atoms with Crippen LogP contribution >= 0.6 is 12.6 Å². The Balaban J connectivity index is 2.43. The van der Waals surface area contributed by atoms with Crippen LogP contribution in [0.4, 0.5) is 10.5 Å². The highest BCUT2D eigenvalue weighted by Crippen LogP contribution is 2.27. The number of rotatable bonds is 14. The van der Waals surface area contributed by atoms with E-state index in [-0.39, 0.29) is 17.6 Å². The Morgan fingerprint density at radius 2 is 1.55 bits per heavy atom. The molecule has 2 N–H and O–H groups in total. The maximum Gasteiger partial charge on any atom is 0.408 e. The number of carbonyl (C=O) groups is 3. The first kappa shape index (κ1) is 33.2. The van der Waals surface area contributed by atoms with E-state index in [1.54, 1.807) is 25.7 Å². The van der Waals surface area contributed by atoms with E-state index in [0.717, 1.165) is 43.2 Å². The van der Waals surface area contributed by atoms with E-state index in [2.05, 4.69) is 30.2 Å². The molecule has 2 atom stereocenters. The number of anilines is 1. The van der Waals surface area contributed by atoms with Crippen molar-refractivity contribution < 1.29 is 19.1 Å². The quantitative estimate of drug-likeness (QED) is 0.169. The fraction of sp³-hybridized carbons (Fsp3) is 0.531. The fourth-order valence-electron chi connectivity index (χ4n) is 4.40. The van der Waals surface area contributed by atoms with Crippen LogP contribution in [0.1, 0.15) is 89.0 Å². The van der Waals surface area contributed by atoms with Crippen molar-refractivity contribution in [3.05, 3.63) is 65.2 Å². The summed E-state index contributed by atoms with van der Waals surface area (Å²) >= 11 is 4.38. The summed E-state index contributed by atoms with van der Waals surface area (Å²) < 4.78 is 5.40. The van der Waals surface area contributed by atoms with E-state index in [1.165, 1.54) is 6.42 Å². The van der Waals surface area contributed by atoms with Crippen LogP contribution in [-0.4, -0.2) is 46.7 Å². The molecule has 0 saturated heterocycles. The topological polar surface area (TPSA) is 87.7 Å². The molecule has 2 unspecified atom stereocenters. The number of aryl methyl sites for hydroxylation is 2. The molecule has 7 nitrogen and oxygen atoms in total. The summed E-state index contributed by atoms with van der Waals surface area (Å²) in [6, 6.07) is 13.3. The number of hydrogen-bond donors (Lipinski definition) is 3. The zero-order valence-corrected chi connectivity index (χ0v) is 25.9. The average Bonchev–Trinajstić information content (AvgIpc) is 2.89. The molecule has 3 amide bonds. The number of alkyl carbamates (subject to hydrolysis) is 1. The normalized spacial score (nSPS) is 12.8. The van der Waals surface area contributed by atoms with Gasteiger partial charge in [0.15, 0.2) is 0 Å². The first-order valence-electron chi connectivity index (χ1n) is 14.3. The predicted octanol–water partition coefficient (Wildman–Crippen LogP) is 7.00. The van der Waals surface area contributed by atoms with E-state index in [1.807, 2.05) is 62.4 Å². The van der Waals surface area contributed by atoms with Crippen molar-refractivity contribution in [3.63, 3.8) is 0 Å². The van der Waals surface area contributed by atoms with Gasteiger partial charge in [-0.2, -0.15) is 12.6 Å². The maximum atomic E-state index is 14.1. The highest BCUT2D eigenvalue weighted by Gasteiger charge is 2.35. The number of nitrogens with one attached hydrogen (secondary N) is 2. The molecule has 0 aliphatic rings. The van der Waals surface area contributed by atoms with Crippen molar-refractivity contribution in [2.75, 3.05) is 17.6 Å². The minimum Gasteiger partial charge on any atom is -0.444 e. The molecule has 0 heterocycles. The van der Waals surface area contributed by atoms with Crippen molar-refractivity contribution in [1.82, 2.24) is 10.2 Å². The Hall–Kier alpha value is -3.00. The van der Waals surface area contributed by atoms with Crippen molar-refractivity contribution in [2.24, 2.45) is 0 Å². The number of thiol groups is 1. The Morgan fingerprint density at radius 3 is 2.15 bits per heavy atom. The lowest BCUT2D eigenvalue weighted by molar-refractivity contribution is -0.140. The van der Waals surface area contributed by atoms with Crippen LogP contribution < -0.4 is 10.6 Å². The van der Waals surface area contributed by atoms with Crippen LogP contribution in [0.15, 0.2) is 48.5 Å². The lowest BCUT2D eigenvalue weighted by Crippen LogP contribution is -2.53. The van der Waals surface area contributed by atoms with Gasteiger partial charge in [-0.1, -0.05) is 87.1 Å². The largest absolute Gasteiger partial charge is 0.444 e. The Morgan fingerprint density at radius 1 is 0.925 bits per heavy atom. The van der Waals surface area contributed by atoms with Crippen molar-refractivity contribution in [1.29, 1.82) is 0 Å². The minimum atomic E-state index is -0.961. The van der Waals surface area contributed by atoms with E-state index in [9.17, 15) is 14.4 Å². The third kappa shape index (κ3) is 10.9. The molecule has 0 fully saturated rings. The van der Waals surface area contributed by atoms with E-state index in [4.69, 9.17) is 4.74 Å². The summed E-state index contributed by atoms with van der Waals surface area (Å²) in [4.78, 5) is 42.2. The molecule has 40 heavy (non-hydrogen) atoms. The molecular weight excluding hydrogens is 522 g/mol. The molecule has 0 aliphatic carbocycles. The van der Waals surface area contributed by atoms with Crippen LogP contribution in [0.25, 0.3) is 0 Å². The number of benzene rings is 2. The predicted molar refractivity (Wildman–Crippen MR) is 166 cm³/mol. The van der Waals surface area contributed by atoms with Gasteiger partial charge in [0.2, 0.25) is 5.91 Å². The summed E-state index contributed by atoms with van der Waals surface area (Å²) in [6.07, 6.45) is 5.51. The van der Waals surface area contributed by atoms with Crippen LogP contribution in [0.3, 0.4) is 0 Å². The first-order chi connectivity index (χ1) is 19.0. The van der Waals surface area contributed by atoms with Gasteiger partial charge < -0.3 is 20.3 Å². The molecule has 0 aromatic heterocycles. The van der Waals surface area contributed by atoms with Crippen molar-refractivity contribution in [2.45, 2.75) is 97.8 Å². The smallest absolute Gasteiger partial charge is 0.408 e.